The van der Waals surface area contributed by atoms with E-state index in [4.69, 9.17) is 24.5 Å². The highest BCUT2D eigenvalue weighted by atomic mass is 16.5. The van der Waals surface area contributed by atoms with Gasteiger partial charge >= 0.3 is 0 Å². The van der Waals surface area contributed by atoms with E-state index in [0.29, 0.717) is 43.1 Å². The lowest BCUT2D eigenvalue weighted by atomic mass is 10.1. The molecule has 1 fully saturated rings. The first-order valence-electron chi connectivity index (χ1n) is 13.7. The van der Waals surface area contributed by atoms with E-state index >= 15 is 0 Å². The van der Waals surface area contributed by atoms with Gasteiger partial charge in [-0.1, -0.05) is 48.5 Å². The first-order valence-corrected chi connectivity index (χ1v) is 13.7. The lowest BCUT2D eigenvalue weighted by Gasteiger charge is -2.24. The first-order chi connectivity index (χ1) is 20.1. The molecule has 5 aromatic rings. The average Bonchev–Trinajstić information content (AvgIpc) is 3.29. The normalized spacial score (nSPS) is 13.7. The molecule has 0 saturated carbocycles. The predicted molar refractivity (Wildman–Crippen MR) is 158 cm³/mol. The van der Waals surface area contributed by atoms with Crippen LogP contribution >= 0.6 is 0 Å². The number of methoxy groups -OCH3 is 2. The van der Waals surface area contributed by atoms with Crippen LogP contribution in [0.3, 0.4) is 0 Å². The SMILES string of the molecule is COc1cc(OC)cc(C(=O)N2CCCN(c3nc(Cc4ccccc4)nc4c3cnn4-c3ccccc3)CC2)c1. The number of aromatic nitrogens is 4. The second-order valence-electron chi connectivity index (χ2n) is 9.99. The largest absolute Gasteiger partial charge is 0.497 e. The Hall–Kier alpha value is -4.92. The van der Waals surface area contributed by atoms with Crippen LogP contribution in [0, 0.1) is 0 Å². The van der Waals surface area contributed by atoms with Crippen LogP contribution in [-0.4, -0.2) is 71.0 Å². The van der Waals surface area contributed by atoms with Gasteiger partial charge in [0.15, 0.2) is 5.65 Å². The molecule has 1 saturated heterocycles. The third kappa shape index (κ3) is 5.56. The van der Waals surface area contributed by atoms with Gasteiger partial charge in [0.1, 0.15) is 23.1 Å². The minimum atomic E-state index is -0.0430. The van der Waals surface area contributed by atoms with E-state index in [1.54, 1.807) is 32.4 Å². The summed E-state index contributed by atoms with van der Waals surface area (Å²) < 4.78 is 12.6. The zero-order chi connectivity index (χ0) is 28.2. The van der Waals surface area contributed by atoms with Crippen LogP contribution in [0.4, 0.5) is 5.82 Å². The number of hydrogen-bond donors (Lipinski definition) is 0. The third-order valence-electron chi connectivity index (χ3n) is 7.34. The summed E-state index contributed by atoms with van der Waals surface area (Å²) >= 11 is 0. The number of rotatable bonds is 7. The Morgan fingerprint density at radius 3 is 2.24 bits per heavy atom. The molecule has 1 amide bonds. The first kappa shape index (κ1) is 26.3. The highest BCUT2D eigenvalue weighted by molar-refractivity contribution is 5.95. The van der Waals surface area contributed by atoms with Crippen molar-refractivity contribution in [3.63, 3.8) is 0 Å². The maximum absolute atomic E-state index is 13.5. The van der Waals surface area contributed by atoms with Crippen molar-refractivity contribution in [1.82, 2.24) is 24.6 Å². The van der Waals surface area contributed by atoms with E-state index < -0.39 is 0 Å². The summed E-state index contributed by atoms with van der Waals surface area (Å²) in [6.45, 7) is 2.60. The molecule has 6 rings (SSSR count). The summed E-state index contributed by atoms with van der Waals surface area (Å²) in [6.07, 6.45) is 3.26. The van der Waals surface area contributed by atoms with Crippen molar-refractivity contribution in [2.45, 2.75) is 12.8 Å². The molecule has 3 aromatic carbocycles. The standard InChI is InChI=1S/C32H32N6O3/c1-40-26-19-24(20-27(21-26)41-2)32(39)37-15-9-14-36(16-17-37)30-28-22-33-38(25-12-7-4-8-13-25)31(28)35-29(34-30)18-23-10-5-3-6-11-23/h3-8,10-13,19-22H,9,14-18H2,1-2H3. The van der Waals surface area contributed by atoms with Crippen LogP contribution in [0.1, 0.15) is 28.2 Å². The van der Waals surface area contributed by atoms with Crippen molar-refractivity contribution >= 4 is 22.8 Å². The van der Waals surface area contributed by atoms with E-state index in [0.717, 1.165) is 46.9 Å². The van der Waals surface area contributed by atoms with Gasteiger partial charge in [-0.05, 0) is 36.2 Å². The molecule has 0 spiro atoms. The van der Waals surface area contributed by atoms with Crippen molar-refractivity contribution in [3.8, 4) is 17.2 Å². The van der Waals surface area contributed by atoms with Gasteiger partial charge in [-0.15, -0.1) is 0 Å². The van der Waals surface area contributed by atoms with Gasteiger partial charge in [0.2, 0.25) is 0 Å². The fourth-order valence-electron chi connectivity index (χ4n) is 5.24. The quantitative estimate of drug-likeness (QED) is 0.290. The topological polar surface area (TPSA) is 85.6 Å². The number of anilines is 1. The molecule has 1 aliphatic heterocycles. The molecule has 2 aromatic heterocycles. The molecule has 1 aliphatic rings. The molecular weight excluding hydrogens is 516 g/mol. The van der Waals surface area contributed by atoms with Crippen molar-refractivity contribution in [1.29, 1.82) is 0 Å². The number of carbonyl (C=O) groups excluding carboxylic acids is 1. The van der Waals surface area contributed by atoms with Gasteiger partial charge in [-0.3, -0.25) is 4.79 Å². The van der Waals surface area contributed by atoms with Crippen LogP contribution in [0.25, 0.3) is 16.7 Å². The van der Waals surface area contributed by atoms with Crippen molar-refractivity contribution in [3.05, 3.63) is 102 Å². The Morgan fingerprint density at radius 1 is 0.829 bits per heavy atom. The smallest absolute Gasteiger partial charge is 0.254 e. The van der Waals surface area contributed by atoms with Crippen molar-refractivity contribution in [2.75, 3.05) is 45.3 Å². The molecule has 0 unspecified atom stereocenters. The van der Waals surface area contributed by atoms with E-state index in [2.05, 4.69) is 17.0 Å². The predicted octanol–water partition coefficient (Wildman–Crippen LogP) is 4.78. The summed E-state index contributed by atoms with van der Waals surface area (Å²) in [6, 6.07) is 25.6. The van der Waals surface area contributed by atoms with E-state index in [1.807, 2.05) is 64.3 Å². The van der Waals surface area contributed by atoms with Crippen LogP contribution in [0.5, 0.6) is 11.5 Å². The van der Waals surface area contributed by atoms with Gasteiger partial charge in [-0.2, -0.15) is 5.10 Å². The molecule has 0 bridgehead atoms. The second-order valence-corrected chi connectivity index (χ2v) is 9.99. The number of nitrogens with zero attached hydrogens (tertiary/aromatic N) is 6. The Labute approximate surface area is 239 Å². The van der Waals surface area contributed by atoms with Crippen molar-refractivity contribution < 1.29 is 14.3 Å². The van der Waals surface area contributed by atoms with Gasteiger partial charge in [-0.25, -0.2) is 14.6 Å². The molecule has 0 atom stereocenters. The third-order valence-corrected chi connectivity index (χ3v) is 7.34. The van der Waals surface area contributed by atoms with Crippen LogP contribution in [-0.2, 0) is 6.42 Å². The number of carbonyl (C=O) groups is 1. The maximum Gasteiger partial charge on any atom is 0.254 e. The van der Waals surface area contributed by atoms with E-state index in [9.17, 15) is 4.79 Å². The highest BCUT2D eigenvalue weighted by Crippen LogP contribution is 2.28. The Bertz CT molecular complexity index is 1630. The van der Waals surface area contributed by atoms with E-state index in [1.165, 1.54) is 0 Å². The monoisotopic (exact) mass is 548 g/mol. The number of benzene rings is 3. The minimum absolute atomic E-state index is 0.0430. The van der Waals surface area contributed by atoms with Gasteiger partial charge < -0.3 is 19.3 Å². The number of amides is 1. The fraction of sp³-hybridized carbons (Fsp3) is 0.250. The molecule has 3 heterocycles. The maximum atomic E-state index is 13.5. The molecule has 0 radical (unpaired) electrons. The fourth-order valence-corrected chi connectivity index (χ4v) is 5.24. The summed E-state index contributed by atoms with van der Waals surface area (Å²) in [5, 5.41) is 5.60. The summed E-state index contributed by atoms with van der Waals surface area (Å²) in [5.74, 6) is 2.72. The van der Waals surface area contributed by atoms with Gasteiger partial charge in [0, 0.05) is 44.2 Å². The zero-order valence-corrected chi connectivity index (χ0v) is 23.2. The Morgan fingerprint density at radius 2 is 1.54 bits per heavy atom. The molecule has 41 heavy (non-hydrogen) atoms. The van der Waals surface area contributed by atoms with Gasteiger partial charge in [0.25, 0.3) is 5.91 Å². The van der Waals surface area contributed by atoms with Crippen LogP contribution in [0.15, 0.2) is 85.1 Å². The Balaban J connectivity index is 1.32. The number of fused-ring (bicyclic) bond motifs is 1. The lowest BCUT2D eigenvalue weighted by Crippen LogP contribution is -2.35. The van der Waals surface area contributed by atoms with Crippen LogP contribution in [0.2, 0.25) is 0 Å². The zero-order valence-electron chi connectivity index (χ0n) is 23.2. The second kappa shape index (κ2) is 11.7. The molecule has 208 valence electrons. The number of para-hydroxylation sites is 1. The average molecular weight is 549 g/mol. The molecule has 9 heteroatoms. The van der Waals surface area contributed by atoms with E-state index in [-0.39, 0.29) is 5.91 Å². The highest BCUT2D eigenvalue weighted by Gasteiger charge is 2.25. The van der Waals surface area contributed by atoms with Gasteiger partial charge in [0.05, 0.1) is 31.5 Å². The minimum Gasteiger partial charge on any atom is -0.497 e. The number of ether oxygens (including phenoxy) is 2. The van der Waals surface area contributed by atoms with Crippen LogP contribution < -0.4 is 14.4 Å². The molecule has 0 aliphatic carbocycles. The van der Waals surface area contributed by atoms with Crippen molar-refractivity contribution in [2.24, 2.45) is 0 Å². The summed E-state index contributed by atoms with van der Waals surface area (Å²) in [7, 11) is 3.17. The summed E-state index contributed by atoms with van der Waals surface area (Å²) in [4.78, 5) is 27.7. The summed E-state index contributed by atoms with van der Waals surface area (Å²) in [5.41, 5.74) is 3.41. The number of hydrogen-bond acceptors (Lipinski definition) is 7. The lowest BCUT2D eigenvalue weighted by molar-refractivity contribution is 0.0766. The molecule has 0 N–H and O–H groups in total. The molecular formula is C32H32N6O3. The molecule has 9 nitrogen and oxygen atoms in total. The Kier molecular flexibility index (Phi) is 7.49.